The second-order valence-electron chi connectivity index (χ2n) is 4.05. The van der Waals surface area contributed by atoms with E-state index in [0.717, 1.165) is 0 Å². The second-order valence-corrected chi connectivity index (χ2v) is 4.43. The van der Waals surface area contributed by atoms with Gasteiger partial charge in [-0.2, -0.15) is 13.2 Å². The Bertz CT molecular complexity index is 347. The summed E-state index contributed by atoms with van der Waals surface area (Å²) in [5.41, 5.74) is -1.21. The molecule has 1 aromatic rings. The Labute approximate surface area is 91.3 Å². The highest BCUT2D eigenvalue weighted by molar-refractivity contribution is 6.29. The van der Waals surface area contributed by atoms with Crippen molar-refractivity contribution in [3.05, 3.63) is 29.0 Å². The van der Waals surface area contributed by atoms with Crippen LogP contribution in [0.2, 0.25) is 5.15 Å². The van der Waals surface area contributed by atoms with Crippen LogP contribution in [0.1, 0.15) is 19.4 Å². The van der Waals surface area contributed by atoms with Crippen molar-refractivity contribution in [2.45, 2.75) is 26.4 Å². The van der Waals surface area contributed by atoms with Crippen LogP contribution >= 0.6 is 11.6 Å². The predicted octanol–water partition coefficient (Wildman–Crippen LogP) is 3.87. The van der Waals surface area contributed by atoms with E-state index in [1.54, 1.807) is 6.07 Å². The van der Waals surface area contributed by atoms with Crippen LogP contribution in [0, 0.1) is 5.41 Å². The SMILES string of the molecule is CC(C)(Cc1ccnc(Cl)c1)C(F)(F)F. The molecule has 0 N–H and O–H groups in total. The zero-order valence-corrected chi connectivity index (χ0v) is 9.15. The quantitative estimate of drug-likeness (QED) is 0.712. The Balaban J connectivity index is 2.87. The van der Waals surface area contributed by atoms with E-state index in [1.807, 2.05) is 0 Å². The minimum absolute atomic E-state index is 0.0985. The molecule has 0 spiro atoms. The number of nitrogens with zero attached hydrogens (tertiary/aromatic N) is 1. The Morgan fingerprint density at radius 2 is 1.93 bits per heavy atom. The molecule has 0 saturated carbocycles. The van der Waals surface area contributed by atoms with Gasteiger partial charge >= 0.3 is 6.18 Å². The highest BCUT2D eigenvalue weighted by Crippen LogP contribution is 2.40. The fourth-order valence-corrected chi connectivity index (χ4v) is 1.36. The molecule has 0 bridgehead atoms. The average molecular weight is 238 g/mol. The first kappa shape index (κ1) is 12.3. The number of hydrogen-bond donors (Lipinski definition) is 0. The maximum absolute atomic E-state index is 12.6. The molecule has 15 heavy (non-hydrogen) atoms. The van der Waals surface area contributed by atoms with Gasteiger partial charge in [0.25, 0.3) is 0 Å². The monoisotopic (exact) mass is 237 g/mol. The van der Waals surface area contributed by atoms with Gasteiger partial charge in [-0.25, -0.2) is 4.98 Å². The van der Waals surface area contributed by atoms with E-state index in [-0.39, 0.29) is 11.6 Å². The fraction of sp³-hybridized carbons (Fsp3) is 0.500. The van der Waals surface area contributed by atoms with Gasteiger partial charge in [0, 0.05) is 6.20 Å². The molecule has 1 nitrogen and oxygen atoms in total. The molecule has 0 unspecified atom stereocenters. The Kier molecular flexibility index (Phi) is 3.28. The molecular formula is C10H11ClF3N. The minimum Gasteiger partial charge on any atom is -0.245 e. The van der Waals surface area contributed by atoms with Crippen molar-refractivity contribution in [2.75, 3.05) is 0 Å². The molecule has 0 aliphatic carbocycles. The van der Waals surface area contributed by atoms with Gasteiger partial charge < -0.3 is 0 Å². The van der Waals surface area contributed by atoms with Crippen molar-refractivity contribution in [1.29, 1.82) is 0 Å². The van der Waals surface area contributed by atoms with E-state index in [0.29, 0.717) is 5.56 Å². The number of pyridine rings is 1. The molecule has 0 aromatic carbocycles. The van der Waals surface area contributed by atoms with Crippen LogP contribution in [-0.4, -0.2) is 11.2 Å². The molecule has 0 saturated heterocycles. The van der Waals surface area contributed by atoms with Crippen LogP contribution in [-0.2, 0) is 6.42 Å². The maximum atomic E-state index is 12.6. The summed E-state index contributed by atoms with van der Waals surface area (Å²) in [5.74, 6) is 0. The smallest absolute Gasteiger partial charge is 0.245 e. The van der Waals surface area contributed by atoms with E-state index >= 15 is 0 Å². The Morgan fingerprint density at radius 1 is 1.33 bits per heavy atom. The Hall–Kier alpha value is -0.770. The molecule has 0 atom stereocenters. The van der Waals surface area contributed by atoms with Gasteiger partial charge in [0.15, 0.2) is 0 Å². The first-order chi connectivity index (χ1) is 6.72. The van der Waals surface area contributed by atoms with E-state index in [4.69, 9.17) is 11.6 Å². The molecule has 0 amide bonds. The van der Waals surface area contributed by atoms with Gasteiger partial charge in [0.1, 0.15) is 5.15 Å². The summed E-state index contributed by atoms with van der Waals surface area (Å²) in [4.78, 5) is 3.72. The van der Waals surface area contributed by atoms with Crippen LogP contribution in [0.25, 0.3) is 0 Å². The third-order valence-electron chi connectivity index (χ3n) is 2.20. The van der Waals surface area contributed by atoms with E-state index in [1.165, 1.54) is 26.1 Å². The molecule has 1 aromatic heterocycles. The van der Waals surface area contributed by atoms with Crippen molar-refractivity contribution in [2.24, 2.45) is 5.41 Å². The van der Waals surface area contributed by atoms with Crippen molar-refractivity contribution >= 4 is 11.6 Å². The predicted molar refractivity (Wildman–Crippen MR) is 52.8 cm³/mol. The van der Waals surface area contributed by atoms with Crippen LogP contribution in [0.5, 0.6) is 0 Å². The topological polar surface area (TPSA) is 12.9 Å². The van der Waals surface area contributed by atoms with Gasteiger partial charge in [0.05, 0.1) is 5.41 Å². The summed E-state index contributed by atoms with van der Waals surface area (Å²) in [5, 5.41) is 0.213. The lowest BCUT2D eigenvalue weighted by atomic mass is 9.85. The van der Waals surface area contributed by atoms with Gasteiger partial charge in [-0.1, -0.05) is 25.4 Å². The third-order valence-corrected chi connectivity index (χ3v) is 2.41. The number of alkyl halides is 3. The second kappa shape index (κ2) is 4.00. The van der Waals surface area contributed by atoms with Crippen LogP contribution in [0.15, 0.2) is 18.3 Å². The van der Waals surface area contributed by atoms with Crippen LogP contribution < -0.4 is 0 Å². The average Bonchev–Trinajstić information content (AvgIpc) is 2.00. The highest BCUT2D eigenvalue weighted by Gasteiger charge is 2.46. The standard InChI is InChI=1S/C10H11ClF3N/c1-9(2,10(12,13)14)6-7-3-4-15-8(11)5-7/h3-5H,6H2,1-2H3. The fourth-order valence-electron chi connectivity index (χ4n) is 1.16. The first-order valence-electron chi connectivity index (χ1n) is 4.39. The summed E-state index contributed by atoms with van der Waals surface area (Å²) >= 11 is 5.60. The van der Waals surface area contributed by atoms with E-state index < -0.39 is 11.6 Å². The van der Waals surface area contributed by atoms with Crippen LogP contribution in [0.3, 0.4) is 0 Å². The molecule has 0 aliphatic heterocycles. The largest absolute Gasteiger partial charge is 0.394 e. The van der Waals surface area contributed by atoms with E-state index in [2.05, 4.69) is 4.98 Å². The lowest BCUT2D eigenvalue weighted by Gasteiger charge is -2.27. The third kappa shape index (κ3) is 3.09. The van der Waals surface area contributed by atoms with Crippen molar-refractivity contribution < 1.29 is 13.2 Å². The Morgan fingerprint density at radius 3 is 2.40 bits per heavy atom. The summed E-state index contributed by atoms with van der Waals surface area (Å²) in [6.45, 7) is 2.34. The lowest BCUT2D eigenvalue weighted by Crippen LogP contribution is -2.34. The summed E-state index contributed by atoms with van der Waals surface area (Å²) in [7, 11) is 0. The zero-order chi connectivity index (χ0) is 11.7. The molecule has 0 aliphatic rings. The highest BCUT2D eigenvalue weighted by atomic mass is 35.5. The summed E-state index contributed by atoms with van der Waals surface area (Å²) in [6.07, 6.45) is -2.91. The molecule has 84 valence electrons. The number of rotatable bonds is 2. The van der Waals surface area contributed by atoms with Gasteiger partial charge in [-0.05, 0) is 24.1 Å². The number of halogens is 4. The van der Waals surface area contributed by atoms with Crippen LogP contribution in [0.4, 0.5) is 13.2 Å². The minimum atomic E-state index is -4.22. The van der Waals surface area contributed by atoms with Gasteiger partial charge in [0.2, 0.25) is 0 Å². The van der Waals surface area contributed by atoms with Gasteiger partial charge in [-0.15, -0.1) is 0 Å². The lowest BCUT2D eigenvalue weighted by molar-refractivity contribution is -0.211. The van der Waals surface area contributed by atoms with E-state index in [9.17, 15) is 13.2 Å². The summed E-state index contributed by atoms with van der Waals surface area (Å²) < 4.78 is 37.7. The number of aromatic nitrogens is 1. The molecule has 5 heteroatoms. The first-order valence-corrected chi connectivity index (χ1v) is 4.77. The van der Waals surface area contributed by atoms with Crippen molar-refractivity contribution in [3.8, 4) is 0 Å². The van der Waals surface area contributed by atoms with Crippen molar-refractivity contribution in [3.63, 3.8) is 0 Å². The molecule has 0 fully saturated rings. The molecule has 0 radical (unpaired) electrons. The normalized spacial score (nSPS) is 12.9. The zero-order valence-electron chi connectivity index (χ0n) is 8.40. The molecule has 1 rings (SSSR count). The van der Waals surface area contributed by atoms with Gasteiger partial charge in [-0.3, -0.25) is 0 Å². The van der Waals surface area contributed by atoms with Crippen molar-refractivity contribution in [1.82, 2.24) is 4.98 Å². The summed E-state index contributed by atoms with van der Waals surface area (Å²) in [6, 6.07) is 2.99. The molecular weight excluding hydrogens is 227 g/mol. The number of hydrogen-bond acceptors (Lipinski definition) is 1. The maximum Gasteiger partial charge on any atom is 0.394 e. The molecule has 1 heterocycles.